The third kappa shape index (κ3) is 4.12. The summed E-state index contributed by atoms with van der Waals surface area (Å²) >= 11 is 0. The number of carbonyl (C=O) groups excluding carboxylic acids is 1. The molecule has 1 aromatic rings. The van der Waals surface area contributed by atoms with Crippen LogP contribution in [0, 0.1) is 11.8 Å². The quantitative estimate of drug-likeness (QED) is 0.468. The molecule has 0 N–H and O–H groups in total. The Kier molecular flexibility index (Phi) is 5.41. The molecule has 0 aliphatic carbocycles. The number of hydrogen-bond acceptors (Lipinski definition) is 4. The predicted molar refractivity (Wildman–Crippen MR) is 95.1 cm³/mol. The van der Waals surface area contributed by atoms with E-state index >= 15 is 0 Å². The molecule has 25 heavy (non-hydrogen) atoms. The zero-order chi connectivity index (χ0) is 18.8. The lowest BCUT2D eigenvalue weighted by molar-refractivity contribution is -0.133. The van der Waals surface area contributed by atoms with Gasteiger partial charge in [0.25, 0.3) is 0 Å². The van der Waals surface area contributed by atoms with E-state index in [0.717, 1.165) is 0 Å². The summed E-state index contributed by atoms with van der Waals surface area (Å²) in [6.45, 7) is 9.15. The summed E-state index contributed by atoms with van der Waals surface area (Å²) in [6, 6.07) is 6.95. The summed E-state index contributed by atoms with van der Waals surface area (Å²) in [5.74, 6) is 4.42. The first kappa shape index (κ1) is 19.2. The van der Waals surface area contributed by atoms with Crippen molar-refractivity contribution >= 4 is 18.7 Å². The van der Waals surface area contributed by atoms with Crippen molar-refractivity contribution in [1.29, 1.82) is 0 Å². The van der Waals surface area contributed by atoms with Crippen molar-refractivity contribution in [3.63, 3.8) is 0 Å². The summed E-state index contributed by atoms with van der Waals surface area (Å²) in [5, 5.41) is 0. The van der Waals surface area contributed by atoms with Crippen LogP contribution in [0.3, 0.4) is 0 Å². The average molecular weight is 344 g/mol. The number of methoxy groups -OCH3 is 1. The van der Waals surface area contributed by atoms with E-state index in [1.54, 1.807) is 31.2 Å². The molecule has 1 saturated heterocycles. The first-order valence-electron chi connectivity index (χ1n) is 8.00. The second-order valence-corrected chi connectivity index (χ2v) is 6.88. The van der Waals surface area contributed by atoms with E-state index in [2.05, 4.69) is 16.6 Å². The maximum Gasteiger partial charge on any atom is 0.525 e. The Balaban J connectivity index is 2.30. The number of hydrogen-bond donors (Lipinski definition) is 0. The van der Waals surface area contributed by atoms with Crippen molar-refractivity contribution in [1.82, 2.24) is 0 Å². The molecule has 0 radical (unpaired) electrons. The van der Waals surface area contributed by atoms with Crippen LogP contribution in [-0.2, 0) is 18.8 Å². The predicted octanol–water partition coefficient (Wildman–Crippen LogP) is 3.54. The monoisotopic (exact) mass is 344 g/mol. The Morgan fingerprint density at radius 3 is 2.36 bits per heavy atom. The highest BCUT2D eigenvalue weighted by molar-refractivity contribution is 6.55. The molecule has 1 aromatic carbocycles. The van der Waals surface area contributed by atoms with E-state index in [1.807, 2.05) is 27.7 Å². The molecule has 1 aliphatic rings. The zero-order valence-electron chi connectivity index (χ0n) is 15.4. The van der Waals surface area contributed by atoms with E-state index < -0.39 is 30.0 Å². The highest BCUT2D eigenvalue weighted by atomic mass is 19.1. The number of halogens is 1. The molecular formula is C19H22BFO4. The average Bonchev–Trinajstić information content (AvgIpc) is 2.79. The van der Waals surface area contributed by atoms with Crippen LogP contribution >= 0.6 is 0 Å². The van der Waals surface area contributed by atoms with Gasteiger partial charge in [-0.2, -0.15) is 0 Å². The van der Waals surface area contributed by atoms with Crippen LogP contribution in [0.1, 0.15) is 45.7 Å². The molecule has 0 unspecified atom stereocenters. The van der Waals surface area contributed by atoms with Crippen LogP contribution in [-0.4, -0.2) is 31.4 Å². The van der Waals surface area contributed by atoms with Gasteiger partial charge in [0.2, 0.25) is 0 Å². The number of esters is 1. The molecular weight excluding hydrogens is 322 g/mol. The number of carbonyl (C=O) groups is 1. The van der Waals surface area contributed by atoms with E-state index in [9.17, 15) is 9.18 Å². The highest BCUT2D eigenvalue weighted by Crippen LogP contribution is 2.40. The smallest absolute Gasteiger partial charge is 0.459 e. The van der Waals surface area contributed by atoms with Crippen molar-refractivity contribution in [2.45, 2.75) is 45.8 Å². The zero-order valence-corrected chi connectivity index (χ0v) is 15.4. The SMILES string of the molecule is COC(=O)C#Cc1cccc(C(C)=C(F)B2OC(C)(C)C(C)(C)O2)c1. The number of benzene rings is 1. The van der Waals surface area contributed by atoms with Gasteiger partial charge in [-0.25, -0.2) is 9.18 Å². The largest absolute Gasteiger partial charge is 0.525 e. The van der Waals surface area contributed by atoms with Crippen LogP contribution < -0.4 is 0 Å². The van der Waals surface area contributed by atoms with Gasteiger partial charge in [0.1, 0.15) is 5.73 Å². The summed E-state index contributed by atoms with van der Waals surface area (Å²) in [6.07, 6.45) is 0. The molecule has 132 valence electrons. The Labute approximate surface area is 148 Å². The normalized spacial score (nSPS) is 18.9. The molecule has 1 heterocycles. The second-order valence-electron chi connectivity index (χ2n) is 6.88. The second kappa shape index (κ2) is 7.03. The Hall–Kier alpha value is -2.10. The van der Waals surface area contributed by atoms with Crippen molar-refractivity contribution in [3.05, 3.63) is 41.1 Å². The van der Waals surface area contributed by atoms with Crippen molar-refractivity contribution in [3.8, 4) is 11.8 Å². The lowest BCUT2D eigenvalue weighted by Gasteiger charge is -2.32. The van der Waals surface area contributed by atoms with Crippen LogP contribution in [0.25, 0.3) is 5.57 Å². The fraction of sp³-hybridized carbons (Fsp3) is 0.421. The summed E-state index contributed by atoms with van der Waals surface area (Å²) < 4.78 is 30.9. The van der Waals surface area contributed by atoms with Crippen molar-refractivity contribution in [2.75, 3.05) is 7.11 Å². The molecule has 0 bridgehead atoms. The van der Waals surface area contributed by atoms with Gasteiger partial charge in [-0.1, -0.05) is 18.1 Å². The number of ether oxygens (including phenoxy) is 1. The van der Waals surface area contributed by atoms with E-state index in [-0.39, 0.29) is 0 Å². The summed E-state index contributed by atoms with van der Waals surface area (Å²) in [4.78, 5) is 11.1. The molecule has 0 spiro atoms. The lowest BCUT2D eigenvalue weighted by atomic mass is 9.83. The summed E-state index contributed by atoms with van der Waals surface area (Å²) in [7, 11) is 0.218. The molecule has 1 fully saturated rings. The van der Waals surface area contributed by atoms with E-state index in [0.29, 0.717) is 16.7 Å². The standard InChI is InChI=1S/C19H22BFO4/c1-13(17(21)20-24-18(2,3)19(4,5)25-20)15-9-7-8-14(12-15)10-11-16(22)23-6/h7-9,12H,1-6H3. The van der Waals surface area contributed by atoms with Gasteiger partial charge in [-0.15, -0.1) is 0 Å². The molecule has 0 saturated carbocycles. The van der Waals surface area contributed by atoms with Gasteiger partial charge in [-0.3, -0.25) is 0 Å². The van der Waals surface area contributed by atoms with Crippen molar-refractivity contribution < 1.29 is 23.2 Å². The molecule has 1 aliphatic heterocycles. The first-order chi connectivity index (χ1) is 11.6. The minimum absolute atomic E-state index is 0.403. The Morgan fingerprint density at radius 1 is 1.20 bits per heavy atom. The minimum Gasteiger partial charge on any atom is -0.459 e. The molecule has 4 nitrogen and oxygen atoms in total. The maximum absolute atomic E-state index is 14.9. The van der Waals surface area contributed by atoms with Crippen molar-refractivity contribution in [2.24, 2.45) is 0 Å². The van der Waals surface area contributed by atoms with Gasteiger partial charge >= 0.3 is 13.1 Å². The third-order valence-corrected chi connectivity index (χ3v) is 4.61. The van der Waals surface area contributed by atoms with Gasteiger partial charge in [0, 0.05) is 11.5 Å². The van der Waals surface area contributed by atoms with E-state index in [4.69, 9.17) is 9.31 Å². The molecule has 2 rings (SSSR count). The molecule has 6 heteroatoms. The van der Waals surface area contributed by atoms with Gasteiger partial charge in [0.15, 0.2) is 0 Å². The van der Waals surface area contributed by atoms with Crippen LogP contribution in [0.15, 0.2) is 30.0 Å². The minimum atomic E-state index is -1.05. The highest BCUT2D eigenvalue weighted by Gasteiger charge is 2.53. The van der Waals surface area contributed by atoms with E-state index in [1.165, 1.54) is 7.11 Å². The lowest BCUT2D eigenvalue weighted by Crippen LogP contribution is -2.41. The fourth-order valence-electron chi connectivity index (χ4n) is 2.27. The van der Waals surface area contributed by atoms with Crippen LogP contribution in [0.4, 0.5) is 4.39 Å². The molecule has 0 atom stereocenters. The molecule has 0 aromatic heterocycles. The third-order valence-electron chi connectivity index (χ3n) is 4.61. The van der Waals surface area contributed by atoms with Crippen LogP contribution in [0.2, 0.25) is 0 Å². The van der Waals surface area contributed by atoms with Crippen LogP contribution in [0.5, 0.6) is 0 Å². The fourth-order valence-corrected chi connectivity index (χ4v) is 2.27. The molecule has 0 amide bonds. The number of rotatable bonds is 2. The Morgan fingerprint density at radius 2 is 1.80 bits per heavy atom. The van der Waals surface area contributed by atoms with Gasteiger partial charge in [0.05, 0.1) is 18.3 Å². The first-order valence-corrected chi connectivity index (χ1v) is 8.00. The van der Waals surface area contributed by atoms with Gasteiger partial charge in [-0.05, 0) is 57.9 Å². The number of allylic oxidation sites excluding steroid dienone is 1. The Bertz CT molecular complexity index is 755. The van der Waals surface area contributed by atoms with Gasteiger partial charge < -0.3 is 14.0 Å². The topological polar surface area (TPSA) is 44.8 Å². The maximum atomic E-state index is 14.9. The summed E-state index contributed by atoms with van der Waals surface area (Å²) in [5.41, 5.74) is -0.0588.